The number of ketones is 2. The minimum absolute atomic E-state index is 0.197. The number of benzene rings is 2. The summed E-state index contributed by atoms with van der Waals surface area (Å²) in [5.74, 6) is -0.433. The van der Waals surface area contributed by atoms with Crippen molar-refractivity contribution in [2.24, 2.45) is 0 Å². The van der Waals surface area contributed by atoms with Gasteiger partial charge in [0.05, 0.1) is 10.0 Å². The van der Waals surface area contributed by atoms with Crippen LogP contribution in [0.2, 0.25) is 10.0 Å². The Bertz CT molecular complexity index is 888. The molecule has 0 aliphatic heterocycles. The van der Waals surface area contributed by atoms with Crippen LogP contribution < -0.4 is 5.32 Å². The molecule has 0 saturated heterocycles. The zero-order valence-corrected chi connectivity index (χ0v) is 14.6. The van der Waals surface area contributed by atoms with E-state index in [1.165, 1.54) is 0 Å². The first kappa shape index (κ1) is 16.6. The van der Waals surface area contributed by atoms with Gasteiger partial charge in [-0.25, -0.2) is 0 Å². The number of anilines is 1. The summed E-state index contributed by atoms with van der Waals surface area (Å²) in [5, 5.41) is 3.81. The Morgan fingerprint density at radius 3 is 2.08 bits per heavy atom. The van der Waals surface area contributed by atoms with Crippen molar-refractivity contribution in [3.63, 3.8) is 0 Å². The summed E-state index contributed by atoms with van der Waals surface area (Å²) < 4.78 is 0. The highest BCUT2D eigenvalue weighted by molar-refractivity contribution is 6.42. The second-order valence-corrected chi connectivity index (χ2v) is 6.39. The Labute approximate surface area is 149 Å². The molecule has 1 aliphatic carbocycles. The molecule has 0 spiro atoms. The van der Waals surface area contributed by atoms with Crippen LogP contribution in [0.4, 0.5) is 5.69 Å². The van der Waals surface area contributed by atoms with E-state index in [0.29, 0.717) is 32.6 Å². The number of rotatable bonds is 3. The number of hydrogen-bond donors (Lipinski definition) is 1. The number of nitrogens with zero attached hydrogens (tertiary/aromatic N) is 1. The van der Waals surface area contributed by atoms with Crippen LogP contribution in [-0.4, -0.2) is 30.6 Å². The van der Waals surface area contributed by atoms with Crippen LogP contribution in [0.25, 0.3) is 0 Å². The number of carbonyl (C=O) groups is 2. The van der Waals surface area contributed by atoms with Gasteiger partial charge in [-0.05, 0) is 18.2 Å². The highest BCUT2D eigenvalue weighted by atomic mass is 35.5. The van der Waals surface area contributed by atoms with Crippen LogP contribution in [0.5, 0.6) is 0 Å². The zero-order valence-electron chi connectivity index (χ0n) is 13.1. The maximum absolute atomic E-state index is 12.9. The SMILES string of the molecule is CN(C)C1=C(Nc2ccc(Cl)c(Cl)c2)C(=O)c2ccccc2C1=O. The third kappa shape index (κ3) is 2.79. The van der Waals surface area contributed by atoms with Crippen LogP contribution in [0.3, 0.4) is 0 Å². The first-order chi connectivity index (χ1) is 11.4. The van der Waals surface area contributed by atoms with Gasteiger partial charge in [-0.1, -0.05) is 47.5 Å². The van der Waals surface area contributed by atoms with Gasteiger partial charge in [-0.15, -0.1) is 0 Å². The van der Waals surface area contributed by atoms with Crippen molar-refractivity contribution in [1.82, 2.24) is 4.90 Å². The first-order valence-corrected chi connectivity index (χ1v) is 7.98. The number of fused-ring (bicyclic) bond motifs is 1. The molecule has 0 radical (unpaired) electrons. The molecule has 0 bridgehead atoms. The lowest BCUT2D eigenvalue weighted by molar-refractivity contribution is 0.0953. The smallest absolute Gasteiger partial charge is 0.212 e. The van der Waals surface area contributed by atoms with Crippen LogP contribution in [0.15, 0.2) is 53.9 Å². The molecule has 122 valence electrons. The number of Topliss-reactive ketones (excluding diaryl/α,β-unsaturated/α-hetero) is 2. The molecule has 4 nitrogen and oxygen atoms in total. The van der Waals surface area contributed by atoms with E-state index in [4.69, 9.17) is 23.2 Å². The van der Waals surface area contributed by atoms with E-state index >= 15 is 0 Å². The van der Waals surface area contributed by atoms with Crippen molar-refractivity contribution < 1.29 is 9.59 Å². The summed E-state index contributed by atoms with van der Waals surface area (Å²) in [6.07, 6.45) is 0. The van der Waals surface area contributed by atoms with Gasteiger partial charge in [-0.2, -0.15) is 0 Å². The van der Waals surface area contributed by atoms with Crippen molar-refractivity contribution in [2.75, 3.05) is 19.4 Å². The van der Waals surface area contributed by atoms with Crippen LogP contribution in [0.1, 0.15) is 20.7 Å². The number of nitrogens with one attached hydrogen (secondary N) is 1. The summed E-state index contributed by atoms with van der Waals surface area (Å²) in [7, 11) is 3.45. The molecule has 0 aromatic heterocycles. The molecule has 0 unspecified atom stereocenters. The molecule has 1 N–H and O–H groups in total. The maximum atomic E-state index is 12.9. The second-order valence-electron chi connectivity index (χ2n) is 5.58. The minimum Gasteiger partial charge on any atom is -0.373 e. The fourth-order valence-corrected chi connectivity index (χ4v) is 2.92. The summed E-state index contributed by atoms with van der Waals surface area (Å²) in [6, 6.07) is 11.7. The van der Waals surface area contributed by atoms with Crippen molar-refractivity contribution in [3.05, 3.63) is 75.0 Å². The lowest BCUT2D eigenvalue weighted by Gasteiger charge is -2.26. The topological polar surface area (TPSA) is 49.4 Å². The Morgan fingerprint density at radius 1 is 0.875 bits per heavy atom. The second kappa shape index (κ2) is 6.30. The molecule has 3 rings (SSSR count). The number of allylic oxidation sites excluding steroid dienone is 2. The molecule has 2 aromatic carbocycles. The molecule has 0 heterocycles. The number of likely N-dealkylation sites (N-methyl/N-ethyl adjacent to an activating group) is 1. The fourth-order valence-electron chi connectivity index (χ4n) is 2.62. The quantitative estimate of drug-likeness (QED) is 0.888. The predicted octanol–water partition coefficient (Wildman–Crippen LogP) is 4.26. The summed E-state index contributed by atoms with van der Waals surface area (Å²) in [4.78, 5) is 27.3. The van der Waals surface area contributed by atoms with E-state index in [1.807, 2.05) is 0 Å². The van der Waals surface area contributed by atoms with E-state index in [9.17, 15) is 9.59 Å². The van der Waals surface area contributed by atoms with Crippen LogP contribution in [-0.2, 0) is 0 Å². The third-order valence-corrected chi connectivity index (χ3v) is 4.47. The molecule has 1 aliphatic rings. The monoisotopic (exact) mass is 360 g/mol. The highest BCUT2D eigenvalue weighted by Gasteiger charge is 2.33. The van der Waals surface area contributed by atoms with Crippen LogP contribution >= 0.6 is 23.2 Å². The Hall–Kier alpha value is -2.30. The predicted molar refractivity (Wildman–Crippen MR) is 95.9 cm³/mol. The normalized spacial score (nSPS) is 13.8. The molecule has 24 heavy (non-hydrogen) atoms. The molecular weight excluding hydrogens is 347 g/mol. The number of hydrogen-bond acceptors (Lipinski definition) is 4. The highest BCUT2D eigenvalue weighted by Crippen LogP contribution is 2.30. The van der Waals surface area contributed by atoms with E-state index in [1.54, 1.807) is 61.5 Å². The summed E-state index contributed by atoms with van der Waals surface area (Å²) in [6.45, 7) is 0. The Kier molecular flexibility index (Phi) is 4.35. The number of halogens is 2. The molecule has 0 amide bonds. The van der Waals surface area contributed by atoms with Gasteiger partial charge in [0.1, 0.15) is 11.4 Å². The van der Waals surface area contributed by atoms with Gasteiger partial charge in [0, 0.05) is 30.9 Å². The average molecular weight is 361 g/mol. The molecule has 0 atom stereocenters. The van der Waals surface area contributed by atoms with Gasteiger partial charge in [0.2, 0.25) is 11.6 Å². The van der Waals surface area contributed by atoms with E-state index in [-0.39, 0.29) is 17.3 Å². The largest absolute Gasteiger partial charge is 0.373 e. The van der Waals surface area contributed by atoms with E-state index in [0.717, 1.165) is 0 Å². The minimum atomic E-state index is -0.236. The van der Waals surface area contributed by atoms with Crippen molar-refractivity contribution in [3.8, 4) is 0 Å². The molecule has 0 saturated carbocycles. The van der Waals surface area contributed by atoms with Crippen molar-refractivity contribution in [1.29, 1.82) is 0 Å². The van der Waals surface area contributed by atoms with Crippen molar-refractivity contribution >= 4 is 40.5 Å². The number of carbonyl (C=O) groups excluding carboxylic acids is 2. The Morgan fingerprint density at radius 2 is 1.50 bits per heavy atom. The van der Waals surface area contributed by atoms with Crippen molar-refractivity contribution in [2.45, 2.75) is 0 Å². The van der Waals surface area contributed by atoms with Gasteiger partial charge >= 0.3 is 0 Å². The molecule has 6 heteroatoms. The van der Waals surface area contributed by atoms with Gasteiger partial charge in [0.25, 0.3) is 0 Å². The molecule has 0 fully saturated rings. The van der Waals surface area contributed by atoms with Crippen LogP contribution in [0, 0.1) is 0 Å². The Balaban J connectivity index is 2.11. The third-order valence-electron chi connectivity index (χ3n) is 3.73. The van der Waals surface area contributed by atoms with Gasteiger partial charge < -0.3 is 10.2 Å². The fraction of sp³-hybridized carbons (Fsp3) is 0.111. The lowest BCUT2D eigenvalue weighted by Crippen LogP contribution is -2.32. The standard InChI is InChI=1S/C18H14Cl2N2O2/c1-22(2)16-15(21-10-7-8-13(19)14(20)9-10)17(23)11-5-3-4-6-12(11)18(16)24/h3-9,21H,1-2H3. The average Bonchev–Trinajstić information content (AvgIpc) is 2.55. The molecular formula is C18H14Cl2N2O2. The molecule has 2 aromatic rings. The lowest BCUT2D eigenvalue weighted by atomic mass is 9.89. The zero-order chi connectivity index (χ0) is 17.4. The first-order valence-electron chi connectivity index (χ1n) is 7.22. The maximum Gasteiger partial charge on any atom is 0.212 e. The summed E-state index contributed by atoms with van der Waals surface area (Å²) >= 11 is 11.9. The van der Waals surface area contributed by atoms with E-state index in [2.05, 4.69) is 5.32 Å². The van der Waals surface area contributed by atoms with E-state index < -0.39 is 0 Å². The van der Waals surface area contributed by atoms with Gasteiger partial charge in [-0.3, -0.25) is 9.59 Å². The van der Waals surface area contributed by atoms with Gasteiger partial charge in [0.15, 0.2) is 0 Å². The summed E-state index contributed by atoms with van der Waals surface area (Å²) in [5.41, 5.74) is 1.91.